The predicted molar refractivity (Wildman–Crippen MR) is 128 cm³/mol. The number of pyridine rings is 1. The average molecular weight is 447 g/mol. The number of hydrogen-bond donors (Lipinski definition) is 1. The number of nitrogen functional groups attached to an aromatic ring is 1. The topological polar surface area (TPSA) is 105 Å². The van der Waals surface area contributed by atoms with Crippen LogP contribution in [0.2, 0.25) is 0 Å². The van der Waals surface area contributed by atoms with Crippen LogP contribution in [0.5, 0.6) is 0 Å². The molecule has 8 nitrogen and oxygen atoms in total. The van der Waals surface area contributed by atoms with Gasteiger partial charge in [-0.15, -0.1) is 0 Å². The highest BCUT2D eigenvalue weighted by atomic mass is 16.2. The van der Waals surface area contributed by atoms with Gasteiger partial charge in [0.1, 0.15) is 0 Å². The molecule has 1 saturated heterocycles. The highest BCUT2D eigenvalue weighted by Crippen LogP contribution is 2.30. The molecular weight excluding hydrogens is 416 g/mol. The molecule has 2 amide bonds. The third-order valence-corrected chi connectivity index (χ3v) is 6.36. The van der Waals surface area contributed by atoms with Gasteiger partial charge in [0, 0.05) is 62.0 Å². The number of fused-ring (bicyclic) bond motifs is 1. The first-order valence-corrected chi connectivity index (χ1v) is 11.2. The maximum atomic E-state index is 12.9. The predicted octanol–water partition coefficient (Wildman–Crippen LogP) is 2.87. The lowest BCUT2D eigenvalue weighted by atomic mass is 9.99. The molecule has 3 heterocycles. The van der Waals surface area contributed by atoms with Crippen LogP contribution in [0.15, 0.2) is 30.3 Å². The molecule has 2 N–H and O–H groups in total. The molecule has 0 radical (unpaired) electrons. The summed E-state index contributed by atoms with van der Waals surface area (Å²) in [6, 6.07) is 9.61. The SMILES string of the molecule is Cc1nc(N)nc(C)c1CCC(=O)N1CCC(c2cc(C(=O)N(C)C)c3ccccc3n2)C1. The van der Waals surface area contributed by atoms with Crippen LogP contribution < -0.4 is 5.73 Å². The van der Waals surface area contributed by atoms with E-state index in [1.165, 1.54) is 0 Å². The molecular formula is C25H30N6O2. The molecule has 4 rings (SSSR count). The van der Waals surface area contributed by atoms with Crippen molar-refractivity contribution in [2.75, 3.05) is 32.9 Å². The van der Waals surface area contributed by atoms with Gasteiger partial charge >= 0.3 is 0 Å². The van der Waals surface area contributed by atoms with Gasteiger partial charge in [0.05, 0.1) is 11.1 Å². The smallest absolute Gasteiger partial charge is 0.254 e. The van der Waals surface area contributed by atoms with E-state index < -0.39 is 0 Å². The minimum atomic E-state index is -0.0442. The zero-order valence-electron chi connectivity index (χ0n) is 19.6. The summed E-state index contributed by atoms with van der Waals surface area (Å²) in [4.78, 5) is 42.5. The van der Waals surface area contributed by atoms with E-state index in [4.69, 9.17) is 10.7 Å². The number of likely N-dealkylation sites (tertiary alicyclic amines) is 1. The van der Waals surface area contributed by atoms with Gasteiger partial charge in [0.15, 0.2) is 0 Å². The fraction of sp³-hybridized carbons (Fsp3) is 0.400. The maximum absolute atomic E-state index is 12.9. The first kappa shape index (κ1) is 22.6. The number of nitrogens with two attached hydrogens (primary N) is 1. The standard InChI is InChI=1S/C25H30N6O2/c1-15-18(16(2)28-25(26)27-15)9-10-23(32)31-12-11-17(14-31)22-13-20(24(33)30(3)4)19-7-5-6-8-21(19)29-22/h5-8,13,17H,9-12,14H2,1-4H3,(H2,26,27,28). The number of anilines is 1. The number of nitrogens with zero attached hydrogens (tertiary/aromatic N) is 5. The molecule has 0 spiro atoms. The summed E-state index contributed by atoms with van der Waals surface area (Å²) < 4.78 is 0. The van der Waals surface area contributed by atoms with Crippen LogP contribution in [0, 0.1) is 13.8 Å². The van der Waals surface area contributed by atoms with Crippen molar-refractivity contribution in [2.24, 2.45) is 0 Å². The summed E-state index contributed by atoms with van der Waals surface area (Å²) in [5, 5.41) is 0.849. The minimum absolute atomic E-state index is 0.0442. The zero-order valence-corrected chi connectivity index (χ0v) is 19.6. The molecule has 1 unspecified atom stereocenters. The van der Waals surface area contributed by atoms with Crippen molar-refractivity contribution >= 4 is 28.7 Å². The fourth-order valence-corrected chi connectivity index (χ4v) is 4.57. The molecule has 0 aliphatic carbocycles. The molecule has 2 aromatic heterocycles. The summed E-state index contributed by atoms with van der Waals surface area (Å²) >= 11 is 0. The van der Waals surface area contributed by atoms with Crippen LogP contribution >= 0.6 is 0 Å². The normalized spacial score (nSPS) is 15.8. The van der Waals surface area contributed by atoms with E-state index in [2.05, 4.69) is 9.97 Å². The lowest BCUT2D eigenvalue weighted by molar-refractivity contribution is -0.130. The number of aromatic nitrogens is 3. The number of carbonyl (C=O) groups excluding carboxylic acids is 2. The Labute approximate surface area is 193 Å². The van der Waals surface area contributed by atoms with E-state index in [-0.39, 0.29) is 23.7 Å². The quantitative estimate of drug-likeness (QED) is 0.646. The highest BCUT2D eigenvalue weighted by molar-refractivity contribution is 6.06. The van der Waals surface area contributed by atoms with E-state index in [0.717, 1.165) is 40.0 Å². The molecule has 172 valence electrons. The largest absolute Gasteiger partial charge is 0.368 e. The molecule has 1 atom stereocenters. The summed E-state index contributed by atoms with van der Waals surface area (Å²) in [7, 11) is 3.51. The Balaban J connectivity index is 1.50. The van der Waals surface area contributed by atoms with Gasteiger partial charge in [0.25, 0.3) is 5.91 Å². The lowest BCUT2D eigenvalue weighted by Crippen LogP contribution is -2.29. The van der Waals surface area contributed by atoms with Gasteiger partial charge in [-0.25, -0.2) is 9.97 Å². The van der Waals surface area contributed by atoms with Gasteiger partial charge in [-0.1, -0.05) is 18.2 Å². The van der Waals surface area contributed by atoms with Crippen LogP contribution in [0.25, 0.3) is 10.9 Å². The molecule has 0 bridgehead atoms. The van der Waals surface area contributed by atoms with Crippen molar-refractivity contribution < 1.29 is 9.59 Å². The van der Waals surface area contributed by atoms with E-state index in [9.17, 15) is 9.59 Å². The minimum Gasteiger partial charge on any atom is -0.368 e. The number of carbonyl (C=O) groups is 2. The average Bonchev–Trinajstić information content (AvgIpc) is 3.27. The van der Waals surface area contributed by atoms with Crippen LogP contribution in [0.4, 0.5) is 5.95 Å². The van der Waals surface area contributed by atoms with Gasteiger partial charge in [-0.3, -0.25) is 14.6 Å². The van der Waals surface area contributed by atoms with Gasteiger partial charge in [-0.2, -0.15) is 0 Å². The molecule has 1 fully saturated rings. The van der Waals surface area contributed by atoms with Gasteiger partial charge in [0.2, 0.25) is 11.9 Å². The summed E-state index contributed by atoms with van der Waals surface area (Å²) in [6.07, 6.45) is 1.82. The maximum Gasteiger partial charge on any atom is 0.254 e. The second-order valence-electron chi connectivity index (χ2n) is 8.87. The highest BCUT2D eigenvalue weighted by Gasteiger charge is 2.29. The van der Waals surface area contributed by atoms with Crippen molar-refractivity contribution in [1.29, 1.82) is 0 Å². The first-order valence-electron chi connectivity index (χ1n) is 11.2. The molecule has 1 aromatic carbocycles. The molecule has 33 heavy (non-hydrogen) atoms. The van der Waals surface area contributed by atoms with Gasteiger partial charge in [-0.05, 0) is 44.4 Å². The third kappa shape index (κ3) is 4.65. The van der Waals surface area contributed by atoms with Crippen molar-refractivity contribution in [1.82, 2.24) is 24.8 Å². The molecule has 1 aliphatic rings. The zero-order chi connectivity index (χ0) is 23.7. The Bertz CT molecular complexity index is 1200. The molecule has 0 saturated carbocycles. The number of benzene rings is 1. The fourth-order valence-electron chi connectivity index (χ4n) is 4.57. The van der Waals surface area contributed by atoms with Gasteiger partial charge < -0.3 is 15.5 Å². The second-order valence-corrected chi connectivity index (χ2v) is 8.87. The summed E-state index contributed by atoms with van der Waals surface area (Å²) in [6.45, 7) is 5.09. The number of amides is 2. The number of hydrogen-bond acceptors (Lipinski definition) is 6. The monoisotopic (exact) mass is 446 g/mol. The number of aryl methyl sites for hydroxylation is 2. The van der Waals surface area contributed by atoms with E-state index in [1.807, 2.05) is 49.1 Å². The Morgan fingerprint density at radius 2 is 1.82 bits per heavy atom. The Morgan fingerprint density at radius 1 is 1.12 bits per heavy atom. The van der Waals surface area contributed by atoms with Crippen molar-refractivity contribution in [3.63, 3.8) is 0 Å². The summed E-state index contributed by atoms with van der Waals surface area (Å²) in [5.41, 5.74) is 10.7. The van der Waals surface area contributed by atoms with E-state index in [1.54, 1.807) is 19.0 Å². The van der Waals surface area contributed by atoms with Crippen LogP contribution in [0.3, 0.4) is 0 Å². The molecule has 3 aromatic rings. The lowest BCUT2D eigenvalue weighted by Gasteiger charge is -2.18. The van der Waals surface area contributed by atoms with Crippen molar-refractivity contribution in [3.8, 4) is 0 Å². The number of para-hydroxylation sites is 1. The third-order valence-electron chi connectivity index (χ3n) is 6.36. The van der Waals surface area contributed by atoms with Crippen LogP contribution in [0.1, 0.15) is 51.8 Å². The van der Waals surface area contributed by atoms with Crippen molar-refractivity contribution in [2.45, 2.75) is 39.0 Å². The number of rotatable bonds is 5. The first-order chi connectivity index (χ1) is 15.7. The van der Waals surface area contributed by atoms with Crippen molar-refractivity contribution in [3.05, 3.63) is 58.5 Å². The molecule has 1 aliphatic heterocycles. The Kier molecular flexibility index (Phi) is 6.26. The van der Waals surface area contributed by atoms with E-state index >= 15 is 0 Å². The van der Waals surface area contributed by atoms with Crippen LogP contribution in [-0.4, -0.2) is 63.8 Å². The Morgan fingerprint density at radius 3 is 2.52 bits per heavy atom. The van der Waals surface area contributed by atoms with E-state index in [0.29, 0.717) is 31.5 Å². The van der Waals surface area contributed by atoms with Crippen LogP contribution in [-0.2, 0) is 11.2 Å². The molecule has 8 heteroatoms. The summed E-state index contributed by atoms with van der Waals surface area (Å²) in [5.74, 6) is 0.434. The Hall–Kier alpha value is -3.55. The second kappa shape index (κ2) is 9.13.